The predicted molar refractivity (Wildman–Crippen MR) is 108 cm³/mol. The van der Waals surface area contributed by atoms with Crippen LogP contribution >= 0.6 is 15.9 Å². The largest absolute Gasteiger partial charge is 0.376 e. The van der Waals surface area contributed by atoms with Gasteiger partial charge in [0.1, 0.15) is 0 Å². The SMILES string of the molecule is CCN(CC)S(=O)(=O)c1ccc(NCC(=O)Nc2ccc(Br)cc2)cc1. The second-order valence-corrected chi connectivity index (χ2v) is 8.38. The summed E-state index contributed by atoms with van der Waals surface area (Å²) in [6.45, 7) is 4.55. The summed E-state index contributed by atoms with van der Waals surface area (Å²) in [5.41, 5.74) is 1.38. The Morgan fingerprint density at radius 1 is 0.962 bits per heavy atom. The molecule has 2 N–H and O–H groups in total. The van der Waals surface area contributed by atoms with Crippen LogP contribution in [0.25, 0.3) is 0 Å². The van der Waals surface area contributed by atoms with Crippen LogP contribution in [0.5, 0.6) is 0 Å². The summed E-state index contributed by atoms with van der Waals surface area (Å²) in [4.78, 5) is 12.2. The van der Waals surface area contributed by atoms with Crippen molar-refractivity contribution in [3.63, 3.8) is 0 Å². The average Bonchev–Trinajstić information content (AvgIpc) is 2.63. The molecule has 0 aromatic heterocycles. The lowest BCUT2D eigenvalue weighted by Gasteiger charge is -2.18. The molecule has 0 unspecified atom stereocenters. The number of hydrogen-bond acceptors (Lipinski definition) is 4. The molecule has 1 amide bonds. The minimum absolute atomic E-state index is 0.0816. The fourth-order valence-corrected chi connectivity index (χ4v) is 4.10. The molecule has 0 atom stereocenters. The van der Waals surface area contributed by atoms with Gasteiger partial charge in [-0.05, 0) is 48.5 Å². The van der Waals surface area contributed by atoms with Gasteiger partial charge in [-0.2, -0.15) is 4.31 Å². The summed E-state index contributed by atoms with van der Waals surface area (Å²) < 4.78 is 27.2. The first-order valence-corrected chi connectivity index (χ1v) is 10.5. The van der Waals surface area contributed by atoms with E-state index in [1.54, 1.807) is 50.2 Å². The fraction of sp³-hybridized carbons (Fsp3) is 0.278. The maximum atomic E-state index is 12.4. The zero-order valence-corrected chi connectivity index (χ0v) is 17.1. The highest BCUT2D eigenvalue weighted by atomic mass is 79.9. The van der Waals surface area contributed by atoms with E-state index in [0.29, 0.717) is 24.5 Å². The van der Waals surface area contributed by atoms with Crippen molar-refractivity contribution in [2.24, 2.45) is 0 Å². The first kappa shape index (κ1) is 20.4. The molecular weight excluding hydrogens is 418 g/mol. The van der Waals surface area contributed by atoms with Crippen molar-refractivity contribution in [3.05, 3.63) is 53.0 Å². The third-order valence-corrected chi connectivity index (χ3v) is 6.37. The minimum Gasteiger partial charge on any atom is -0.376 e. The van der Waals surface area contributed by atoms with Crippen LogP contribution in [0.15, 0.2) is 57.9 Å². The molecule has 26 heavy (non-hydrogen) atoms. The Bertz CT molecular complexity index is 833. The number of anilines is 2. The van der Waals surface area contributed by atoms with Crippen molar-refractivity contribution in [3.8, 4) is 0 Å². The van der Waals surface area contributed by atoms with E-state index >= 15 is 0 Å². The van der Waals surface area contributed by atoms with E-state index in [4.69, 9.17) is 0 Å². The summed E-state index contributed by atoms with van der Waals surface area (Å²) in [7, 11) is -3.47. The van der Waals surface area contributed by atoms with Gasteiger partial charge in [-0.15, -0.1) is 0 Å². The summed E-state index contributed by atoms with van der Waals surface area (Å²) >= 11 is 3.34. The molecule has 0 saturated heterocycles. The van der Waals surface area contributed by atoms with Gasteiger partial charge >= 0.3 is 0 Å². The molecule has 0 fully saturated rings. The normalized spacial score (nSPS) is 11.4. The van der Waals surface area contributed by atoms with Crippen molar-refractivity contribution in [1.29, 1.82) is 0 Å². The van der Waals surface area contributed by atoms with Gasteiger partial charge in [0.2, 0.25) is 15.9 Å². The van der Waals surface area contributed by atoms with E-state index in [2.05, 4.69) is 26.6 Å². The third kappa shape index (κ3) is 5.30. The molecule has 0 heterocycles. The Morgan fingerprint density at radius 3 is 2.04 bits per heavy atom. The third-order valence-electron chi connectivity index (χ3n) is 3.78. The molecular formula is C18H22BrN3O3S. The van der Waals surface area contributed by atoms with Crippen molar-refractivity contribution in [1.82, 2.24) is 4.31 Å². The molecule has 0 aliphatic rings. The van der Waals surface area contributed by atoms with Crippen LogP contribution in [0, 0.1) is 0 Å². The Hall–Kier alpha value is -1.90. The van der Waals surface area contributed by atoms with E-state index in [1.807, 2.05) is 12.1 Å². The molecule has 0 spiro atoms. The van der Waals surface area contributed by atoms with Crippen molar-refractivity contribution < 1.29 is 13.2 Å². The summed E-state index contributed by atoms with van der Waals surface area (Å²) in [6, 6.07) is 13.7. The number of benzene rings is 2. The predicted octanol–water partition coefficient (Wildman–Crippen LogP) is 3.53. The lowest BCUT2D eigenvalue weighted by molar-refractivity contribution is -0.114. The number of halogens is 1. The number of carbonyl (C=O) groups is 1. The lowest BCUT2D eigenvalue weighted by Crippen LogP contribution is -2.30. The molecule has 8 heteroatoms. The second kappa shape index (κ2) is 9.16. The number of nitrogens with one attached hydrogen (secondary N) is 2. The minimum atomic E-state index is -3.47. The Morgan fingerprint density at radius 2 is 1.50 bits per heavy atom. The zero-order valence-electron chi connectivity index (χ0n) is 14.7. The molecule has 0 aliphatic carbocycles. The van der Waals surface area contributed by atoms with Gasteiger partial charge in [0.15, 0.2) is 0 Å². The van der Waals surface area contributed by atoms with E-state index in [1.165, 1.54) is 4.31 Å². The summed E-state index contributed by atoms with van der Waals surface area (Å²) in [5, 5.41) is 5.76. The van der Waals surface area contributed by atoms with Gasteiger partial charge in [0.05, 0.1) is 11.4 Å². The topological polar surface area (TPSA) is 78.5 Å². The highest BCUT2D eigenvalue weighted by molar-refractivity contribution is 9.10. The summed E-state index contributed by atoms with van der Waals surface area (Å²) in [6.07, 6.45) is 0. The first-order valence-electron chi connectivity index (χ1n) is 8.26. The van der Waals surface area contributed by atoms with Crippen LogP contribution in [0.2, 0.25) is 0 Å². The highest BCUT2D eigenvalue weighted by Crippen LogP contribution is 2.18. The lowest BCUT2D eigenvalue weighted by atomic mass is 10.3. The van der Waals surface area contributed by atoms with E-state index in [-0.39, 0.29) is 17.3 Å². The first-order chi connectivity index (χ1) is 12.4. The molecule has 2 aromatic carbocycles. The van der Waals surface area contributed by atoms with Crippen LogP contribution in [0.3, 0.4) is 0 Å². The highest BCUT2D eigenvalue weighted by Gasteiger charge is 2.21. The van der Waals surface area contributed by atoms with Crippen molar-refractivity contribution in [2.45, 2.75) is 18.7 Å². The van der Waals surface area contributed by atoms with Crippen LogP contribution in [0.1, 0.15) is 13.8 Å². The van der Waals surface area contributed by atoms with Crippen molar-refractivity contribution in [2.75, 3.05) is 30.3 Å². The standard InChI is InChI=1S/C18H22BrN3O3S/c1-3-22(4-2)26(24,25)17-11-9-15(10-12-17)20-13-18(23)21-16-7-5-14(19)6-8-16/h5-12,20H,3-4,13H2,1-2H3,(H,21,23). The van der Waals surface area contributed by atoms with Gasteiger partial charge in [-0.3, -0.25) is 4.79 Å². The molecule has 6 nitrogen and oxygen atoms in total. The molecule has 0 saturated carbocycles. The van der Waals surface area contributed by atoms with Crippen molar-refractivity contribution >= 4 is 43.2 Å². The zero-order chi connectivity index (χ0) is 19.2. The van der Waals surface area contributed by atoms with Crippen LogP contribution in [-0.2, 0) is 14.8 Å². The van der Waals surface area contributed by atoms with E-state index in [9.17, 15) is 13.2 Å². The quantitative estimate of drug-likeness (QED) is 0.659. The van der Waals surface area contributed by atoms with Crippen LogP contribution in [0.4, 0.5) is 11.4 Å². The smallest absolute Gasteiger partial charge is 0.243 e. The Kier molecular flexibility index (Phi) is 7.19. The molecule has 0 bridgehead atoms. The van der Waals surface area contributed by atoms with Gasteiger partial charge in [-0.25, -0.2) is 8.42 Å². The fourth-order valence-electron chi connectivity index (χ4n) is 2.38. The number of hydrogen-bond donors (Lipinski definition) is 2. The second-order valence-electron chi connectivity index (χ2n) is 5.52. The average molecular weight is 440 g/mol. The molecule has 0 radical (unpaired) electrons. The summed E-state index contributed by atoms with van der Waals surface area (Å²) in [5.74, 6) is -0.188. The number of sulfonamides is 1. The van der Waals surface area contributed by atoms with E-state index in [0.717, 1.165) is 4.47 Å². The maximum absolute atomic E-state index is 12.4. The number of carbonyl (C=O) groups excluding carboxylic acids is 1. The molecule has 2 aromatic rings. The Labute approximate surface area is 162 Å². The number of nitrogens with zero attached hydrogens (tertiary/aromatic N) is 1. The van der Waals surface area contributed by atoms with Gasteiger partial charge in [0, 0.05) is 28.9 Å². The van der Waals surface area contributed by atoms with Gasteiger partial charge in [0.25, 0.3) is 0 Å². The van der Waals surface area contributed by atoms with Crippen LogP contribution in [-0.4, -0.2) is 38.3 Å². The Balaban J connectivity index is 1.94. The maximum Gasteiger partial charge on any atom is 0.243 e. The van der Waals surface area contributed by atoms with Gasteiger partial charge < -0.3 is 10.6 Å². The van der Waals surface area contributed by atoms with E-state index < -0.39 is 10.0 Å². The monoisotopic (exact) mass is 439 g/mol. The number of amides is 1. The molecule has 2 rings (SSSR count). The molecule has 0 aliphatic heterocycles. The molecule has 140 valence electrons. The number of rotatable bonds is 8. The van der Waals surface area contributed by atoms with Crippen LogP contribution < -0.4 is 10.6 Å². The van der Waals surface area contributed by atoms with Gasteiger partial charge in [-0.1, -0.05) is 29.8 Å².